The van der Waals surface area contributed by atoms with Crippen molar-refractivity contribution in [3.05, 3.63) is 45.5 Å². The molecule has 0 saturated heterocycles. The molecule has 1 aromatic heterocycles. The lowest BCUT2D eigenvalue weighted by atomic mass is 9.78. The Kier molecular flexibility index (Phi) is 4.48. The minimum absolute atomic E-state index is 0.0808. The predicted octanol–water partition coefficient (Wildman–Crippen LogP) is 3.55. The molecule has 4 rings (SSSR count). The van der Waals surface area contributed by atoms with Crippen LogP contribution in [0.5, 0.6) is 0 Å². The standard InChI is InChI=1S/C21H22FNO5/c1-2-28-19(25)14-11-23(12-5-6-12)17-10-15(16(22)9-13(17)18(14)24)21(20(26)27)7-3-4-8-21/h9-12H,2-8H2,1H3,(H,26,27). The summed E-state index contributed by atoms with van der Waals surface area (Å²) in [5, 5.41) is 9.92. The second-order valence-electron chi connectivity index (χ2n) is 7.67. The quantitative estimate of drug-likeness (QED) is 0.793. The zero-order valence-corrected chi connectivity index (χ0v) is 15.7. The zero-order valence-electron chi connectivity index (χ0n) is 15.7. The summed E-state index contributed by atoms with van der Waals surface area (Å²) in [6.07, 6.45) is 5.44. The number of nitrogens with zero attached hydrogens (tertiary/aromatic N) is 1. The Bertz CT molecular complexity index is 1030. The molecule has 1 N–H and O–H groups in total. The van der Waals surface area contributed by atoms with Crippen LogP contribution >= 0.6 is 0 Å². The van der Waals surface area contributed by atoms with Crippen molar-refractivity contribution >= 4 is 22.8 Å². The van der Waals surface area contributed by atoms with Crippen LogP contribution in [-0.2, 0) is 14.9 Å². The number of hydrogen-bond donors (Lipinski definition) is 1. The number of aliphatic carboxylic acids is 1. The summed E-state index contributed by atoms with van der Waals surface area (Å²) >= 11 is 0. The van der Waals surface area contributed by atoms with Crippen molar-refractivity contribution in [3.8, 4) is 0 Å². The molecule has 0 aliphatic heterocycles. The van der Waals surface area contributed by atoms with Crippen LogP contribution in [-0.4, -0.2) is 28.2 Å². The van der Waals surface area contributed by atoms with Crippen LogP contribution in [0.2, 0.25) is 0 Å². The number of carboxylic acid groups (broad SMARTS) is 1. The molecule has 28 heavy (non-hydrogen) atoms. The fourth-order valence-electron chi connectivity index (χ4n) is 4.32. The van der Waals surface area contributed by atoms with Gasteiger partial charge in [0.1, 0.15) is 11.4 Å². The van der Waals surface area contributed by atoms with Crippen LogP contribution in [0, 0.1) is 5.82 Å². The first-order valence-corrected chi connectivity index (χ1v) is 9.68. The molecule has 2 aliphatic carbocycles. The highest BCUT2D eigenvalue weighted by Crippen LogP contribution is 2.44. The van der Waals surface area contributed by atoms with Crippen molar-refractivity contribution in [1.82, 2.24) is 4.57 Å². The molecule has 0 atom stereocenters. The Labute approximate surface area is 160 Å². The van der Waals surface area contributed by atoms with E-state index in [1.807, 2.05) is 0 Å². The summed E-state index contributed by atoms with van der Waals surface area (Å²) in [7, 11) is 0. The van der Waals surface area contributed by atoms with E-state index in [9.17, 15) is 19.5 Å². The Morgan fingerprint density at radius 2 is 1.96 bits per heavy atom. The summed E-state index contributed by atoms with van der Waals surface area (Å²) in [5.74, 6) is -2.48. The van der Waals surface area contributed by atoms with E-state index in [4.69, 9.17) is 4.74 Å². The number of carboxylic acids is 1. The van der Waals surface area contributed by atoms with Gasteiger partial charge in [0.05, 0.1) is 17.5 Å². The maximum absolute atomic E-state index is 15.1. The number of pyridine rings is 1. The topological polar surface area (TPSA) is 85.6 Å². The third-order valence-electron chi connectivity index (χ3n) is 5.94. The number of esters is 1. The van der Waals surface area contributed by atoms with Gasteiger partial charge in [0.2, 0.25) is 5.43 Å². The smallest absolute Gasteiger partial charge is 0.343 e. The lowest BCUT2D eigenvalue weighted by Crippen LogP contribution is -2.34. The SMILES string of the molecule is CCOC(=O)c1cn(C2CC2)c2cc(C3(C(=O)O)CCCC3)c(F)cc2c1=O. The van der Waals surface area contributed by atoms with Crippen molar-refractivity contribution in [3.63, 3.8) is 0 Å². The average Bonchev–Trinajstić information content (AvgIpc) is 3.37. The van der Waals surface area contributed by atoms with Crippen molar-refractivity contribution in [2.75, 3.05) is 6.61 Å². The monoisotopic (exact) mass is 387 g/mol. The van der Waals surface area contributed by atoms with Gasteiger partial charge >= 0.3 is 11.9 Å². The van der Waals surface area contributed by atoms with Gasteiger partial charge in [-0.25, -0.2) is 9.18 Å². The highest BCUT2D eigenvalue weighted by molar-refractivity contribution is 5.94. The number of hydrogen-bond acceptors (Lipinski definition) is 4. The third-order valence-corrected chi connectivity index (χ3v) is 5.94. The second-order valence-corrected chi connectivity index (χ2v) is 7.67. The molecule has 0 spiro atoms. The molecule has 148 valence electrons. The lowest BCUT2D eigenvalue weighted by molar-refractivity contribution is -0.143. The van der Waals surface area contributed by atoms with Gasteiger partial charge in [-0.15, -0.1) is 0 Å². The number of fused-ring (bicyclic) bond motifs is 1. The molecule has 0 bridgehead atoms. The molecule has 0 radical (unpaired) electrons. The number of halogens is 1. The van der Waals surface area contributed by atoms with E-state index in [0.29, 0.717) is 18.4 Å². The summed E-state index contributed by atoms with van der Waals surface area (Å²) in [6, 6.07) is 2.72. The van der Waals surface area contributed by atoms with Crippen LogP contribution < -0.4 is 5.43 Å². The number of benzene rings is 1. The summed E-state index contributed by atoms with van der Waals surface area (Å²) in [6.45, 7) is 1.78. The van der Waals surface area contributed by atoms with E-state index < -0.39 is 28.6 Å². The normalized spacial score (nSPS) is 18.4. The Morgan fingerprint density at radius 3 is 2.54 bits per heavy atom. The van der Waals surface area contributed by atoms with Gasteiger partial charge in [0.15, 0.2) is 0 Å². The van der Waals surface area contributed by atoms with Crippen LogP contribution in [0.25, 0.3) is 10.9 Å². The molecule has 2 saturated carbocycles. The summed E-state index contributed by atoms with van der Waals surface area (Å²) < 4.78 is 21.8. The van der Waals surface area contributed by atoms with E-state index in [0.717, 1.165) is 31.7 Å². The van der Waals surface area contributed by atoms with Crippen molar-refractivity contribution < 1.29 is 23.8 Å². The molecule has 0 unspecified atom stereocenters. The van der Waals surface area contributed by atoms with Crippen molar-refractivity contribution in [2.24, 2.45) is 0 Å². The number of aromatic nitrogens is 1. The Morgan fingerprint density at radius 1 is 1.29 bits per heavy atom. The van der Waals surface area contributed by atoms with Crippen LogP contribution in [0.1, 0.15) is 67.4 Å². The summed E-state index contributed by atoms with van der Waals surface area (Å²) in [5.41, 5.74) is -1.37. The summed E-state index contributed by atoms with van der Waals surface area (Å²) in [4.78, 5) is 37.1. The van der Waals surface area contributed by atoms with E-state index >= 15 is 4.39 Å². The van der Waals surface area contributed by atoms with Crippen molar-refractivity contribution in [2.45, 2.75) is 56.9 Å². The van der Waals surface area contributed by atoms with E-state index in [1.165, 1.54) is 12.3 Å². The van der Waals surface area contributed by atoms with Gasteiger partial charge in [0, 0.05) is 23.2 Å². The third kappa shape index (κ3) is 2.80. The van der Waals surface area contributed by atoms with Crippen LogP contribution in [0.3, 0.4) is 0 Å². The molecule has 2 aliphatic rings. The van der Waals surface area contributed by atoms with Crippen LogP contribution in [0.4, 0.5) is 4.39 Å². The first-order valence-electron chi connectivity index (χ1n) is 9.68. The fourth-order valence-corrected chi connectivity index (χ4v) is 4.32. The van der Waals surface area contributed by atoms with E-state index in [-0.39, 0.29) is 29.2 Å². The van der Waals surface area contributed by atoms with Gasteiger partial charge in [-0.2, -0.15) is 0 Å². The Balaban J connectivity index is 1.98. The molecule has 1 aromatic carbocycles. The molecule has 7 heteroatoms. The van der Waals surface area contributed by atoms with Gasteiger partial charge in [-0.3, -0.25) is 9.59 Å². The number of ether oxygens (including phenoxy) is 1. The fraction of sp³-hybridized carbons (Fsp3) is 0.476. The Hall–Kier alpha value is -2.70. The number of carbonyl (C=O) groups is 2. The van der Waals surface area contributed by atoms with Gasteiger partial charge in [-0.05, 0) is 44.7 Å². The maximum atomic E-state index is 15.1. The van der Waals surface area contributed by atoms with Crippen molar-refractivity contribution in [1.29, 1.82) is 0 Å². The average molecular weight is 387 g/mol. The van der Waals surface area contributed by atoms with E-state index in [1.54, 1.807) is 11.5 Å². The molecule has 2 fully saturated rings. The van der Waals surface area contributed by atoms with E-state index in [2.05, 4.69) is 0 Å². The molecule has 2 aromatic rings. The second kappa shape index (κ2) is 6.72. The minimum Gasteiger partial charge on any atom is -0.481 e. The van der Waals surface area contributed by atoms with Gasteiger partial charge in [-0.1, -0.05) is 12.8 Å². The largest absolute Gasteiger partial charge is 0.481 e. The number of carbonyl (C=O) groups excluding carboxylic acids is 1. The lowest BCUT2D eigenvalue weighted by Gasteiger charge is -2.26. The first kappa shape index (κ1) is 18.7. The number of rotatable bonds is 5. The molecular weight excluding hydrogens is 365 g/mol. The first-order chi connectivity index (χ1) is 13.4. The molecule has 1 heterocycles. The molecular formula is C21H22FNO5. The van der Waals surface area contributed by atoms with Crippen LogP contribution in [0.15, 0.2) is 23.1 Å². The highest BCUT2D eigenvalue weighted by atomic mass is 19.1. The van der Waals surface area contributed by atoms with Gasteiger partial charge in [0.25, 0.3) is 0 Å². The maximum Gasteiger partial charge on any atom is 0.343 e. The molecule has 6 nitrogen and oxygen atoms in total. The molecule has 0 amide bonds. The predicted molar refractivity (Wildman–Crippen MR) is 100 cm³/mol. The minimum atomic E-state index is -1.26. The zero-order chi connectivity index (χ0) is 20.1. The highest BCUT2D eigenvalue weighted by Gasteiger charge is 2.45. The van der Waals surface area contributed by atoms with Gasteiger partial charge < -0.3 is 14.4 Å².